The molecule has 10 heteroatoms. The zero-order valence-corrected chi connectivity index (χ0v) is 21.3. The number of guanidine groups is 1. The molecule has 0 spiro atoms. The maximum absolute atomic E-state index is 10.9. The molecule has 9 nitrogen and oxygen atoms in total. The number of hydrogen-bond donors (Lipinski definition) is 3. The standard InChI is InChI=1S/C23H29N5O4.HI/c1-4-24-23(26-15-16-7-5-9-18(11-16)28(29)30)25-10-6-8-17-12-20-21(27-17)13-19(31-2)14-22(20)32-3;/h5,7,9,11-14,27H,4,6,8,10,15H2,1-3H3,(H2,24,25,26);1H. The first-order chi connectivity index (χ1) is 15.5. The van der Waals surface area contributed by atoms with Crippen LogP contribution in [0.15, 0.2) is 47.5 Å². The van der Waals surface area contributed by atoms with E-state index in [4.69, 9.17) is 9.47 Å². The number of methoxy groups -OCH3 is 2. The monoisotopic (exact) mass is 567 g/mol. The number of rotatable bonds is 10. The number of non-ortho nitro benzene ring substituents is 1. The molecule has 0 aliphatic heterocycles. The summed E-state index contributed by atoms with van der Waals surface area (Å²) >= 11 is 0. The number of halogens is 1. The van der Waals surface area contributed by atoms with Crippen LogP contribution in [0, 0.1) is 10.1 Å². The summed E-state index contributed by atoms with van der Waals surface area (Å²) in [4.78, 5) is 18.5. The van der Waals surface area contributed by atoms with Gasteiger partial charge in [0.25, 0.3) is 5.69 Å². The van der Waals surface area contributed by atoms with Gasteiger partial charge < -0.3 is 25.1 Å². The molecule has 0 atom stereocenters. The molecule has 0 aliphatic carbocycles. The minimum absolute atomic E-state index is 0. The van der Waals surface area contributed by atoms with Crippen LogP contribution in [0.4, 0.5) is 5.69 Å². The number of nitro groups is 1. The van der Waals surface area contributed by atoms with E-state index in [0.29, 0.717) is 12.5 Å². The molecule has 0 aliphatic rings. The predicted octanol–water partition coefficient (Wildman–Crippen LogP) is 4.40. The van der Waals surface area contributed by atoms with E-state index in [1.54, 1.807) is 26.4 Å². The highest BCUT2D eigenvalue weighted by Gasteiger charge is 2.09. The lowest BCUT2D eigenvalue weighted by Crippen LogP contribution is -2.37. The van der Waals surface area contributed by atoms with Crippen molar-refractivity contribution in [2.75, 3.05) is 27.3 Å². The van der Waals surface area contributed by atoms with E-state index in [9.17, 15) is 10.1 Å². The third-order valence-corrected chi connectivity index (χ3v) is 4.99. The van der Waals surface area contributed by atoms with Gasteiger partial charge in [0.05, 0.1) is 31.2 Å². The van der Waals surface area contributed by atoms with Crippen molar-refractivity contribution in [1.29, 1.82) is 0 Å². The van der Waals surface area contributed by atoms with Gasteiger partial charge in [0, 0.05) is 48.4 Å². The first-order valence-corrected chi connectivity index (χ1v) is 10.5. The van der Waals surface area contributed by atoms with Crippen LogP contribution in [0.1, 0.15) is 24.6 Å². The molecule has 1 aromatic heterocycles. The number of aromatic nitrogens is 1. The van der Waals surface area contributed by atoms with Gasteiger partial charge >= 0.3 is 0 Å². The molecule has 1 heterocycles. The zero-order valence-electron chi connectivity index (χ0n) is 19.0. The Hall–Kier alpha value is -3.02. The number of nitro benzene ring substituents is 1. The number of aromatic amines is 1. The average Bonchev–Trinajstić information content (AvgIpc) is 3.22. The van der Waals surface area contributed by atoms with Crippen LogP contribution in [0.5, 0.6) is 11.5 Å². The highest BCUT2D eigenvalue weighted by Crippen LogP contribution is 2.31. The van der Waals surface area contributed by atoms with E-state index in [-0.39, 0.29) is 29.7 Å². The molecule has 3 aromatic rings. The molecule has 0 fully saturated rings. The van der Waals surface area contributed by atoms with Gasteiger partial charge in [-0.05, 0) is 31.4 Å². The summed E-state index contributed by atoms with van der Waals surface area (Å²) in [5, 5.41) is 18.5. The molecular formula is C23H30IN5O4. The minimum Gasteiger partial charge on any atom is -0.497 e. The Kier molecular flexibility index (Phi) is 10.2. The van der Waals surface area contributed by atoms with Gasteiger partial charge in [0.15, 0.2) is 5.96 Å². The van der Waals surface area contributed by atoms with E-state index in [2.05, 4.69) is 26.7 Å². The molecule has 33 heavy (non-hydrogen) atoms. The summed E-state index contributed by atoms with van der Waals surface area (Å²) in [6.07, 6.45) is 1.75. The van der Waals surface area contributed by atoms with Gasteiger partial charge in [-0.25, -0.2) is 4.99 Å². The lowest BCUT2D eigenvalue weighted by atomic mass is 10.2. The second-order valence-corrected chi connectivity index (χ2v) is 7.24. The molecule has 2 aromatic carbocycles. The molecule has 0 amide bonds. The van der Waals surface area contributed by atoms with Crippen molar-refractivity contribution in [3.8, 4) is 11.5 Å². The highest BCUT2D eigenvalue weighted by atomic mass is 127. The fraction of sp³-hybridized carbons (Fsp3) is 0.348. The Morgan fingerprint density at radius 1 is 1.15 bits per heavy atom. The number of nitrogens with zero attached hydrogens (tertiary/aromatic N) is 2. The maximum Gasteiger partial charge on any atom is 0.269 e. The van der Waals surface area contributed by atoms with Crippen molar-refractivity contribution in [2.24, 2.45) is 4.99 Å². The molecule has 0 unspecified atom stereocenters. The summed E-state index contributed by atoms with van der Waals surface area (Å²) in [6, 6.07) is 12.5. The lowest BCUT2D eigenvalue weighted by molar-refractivity contribution is -0.384. The summed E-state index contributed by atoms with van der Waals surface area (Å²) in [5.41, 5.74) is 2.96. The molecule has 0 bridgehead atoms. The number of H-pyrrole nitrogens is 1. The molecular weight excluding hydrogens is 537 g/mol. The summed E-state index contributed by atoms with van der Waals surface area (Å²) in [6.45, 7) is 3.82. The molecule has 3 rings (SSSR count). The smallest absolute Gasteiger partial charge is 0.269 e. The second kappa shape index (κ2) is 12.9. The van der Waals surface area contributed by atoms with Crippen molar-refractivity contribution in [1.82, 2.24) is 15.6 Å². The van der Waals surface area contributed by atoms with Crippen molar-refractivity contribution in [2.45, 2.75) is 26.3 Å². The Labute approximate surface area is 210 Å². The number of hydrogen-bond acceptors (Lipinski definition) is 5. The lowest BCUT2D eigenvalue weighted by Gasteiger charge is -2.11. The number of fused-ring (bicyclic) bond motifs is 1. The molecule has 3 N–H and O–H groups in total. The van der Waals surface area contributed by atoms with Gasteiger partial charge in [-0.1, -0.05) is 12.1 Å². The van der Waals surface area contributed by atoms with Gasteiger partial charge in [-0.15, -0.1) is 24.0 Å². The first-order valence-electron chi connectivity index (χ1n) is 10.5. The van der Waals surface area contributed by atoms with E-state index in [1.165, 1.54) is 6.07 Å². The summed E-state index contributed by atoms with van der Waals surface area (Å²) in [7, 11) is 3.29. The topological polar surface area (TPSA) is 114 Å². The SMILES string of the molecule is CCNC(=NCc1cccc([N+](=O)[O-])c1)NCCCc1cc2c(OC)cc(OC)cc2[nH]1.I. The second-order valence-electron chi connectivity index (χ2n) is 7.24. The Morgan fingerprint density at radius 2 is 1.97 bits per heavy atom. The summed E-state index contributed by atoms with van der Waals surface area (Å²) < 4.78 is 10.8. The quantitative estimate of drug-likeness (QED) is 0.0836. The van der Waals surface area contributed by atoms with Crippen LogP contribution in [0.25, 0.3) is 10.9 Å². The van der Waals surface area contributed by atoms with E-state index < -0.39 is 4.92 Å². The summed E-state index contributed by atoms with van der Waals surface area (Å²) in [5.74, 6) is 2.21. The van der Waals surface area contributed by atoms with E-state index >= 15 is 0 Å². The predicted molar refractivity (Wildman–Crippen MR) is 141 cm³/mol. The van der Waals surface area contributed by atoms with Gasteiger partial charge in [-0.2, -0.15) is 0 Å². The van der Waals surface area contributed by atoms with Crippen LogP contribution in [-0.4, -0.2) is 43.2 Å². The zero-order chi connectivity index (χ0) is 22.9. The van der Waals surface area contributed by atoms with Crippen molar-refractivity contribution in [3.05, 3.63) is 63.8 Å². The van der Waals surface area contributed by atoms with Gasteiger partial charge in [0.2, 0.25) is 0 Å². The highest BCUT2D eigenvalue weighted by molar-refractivity contribution is 14.0. The van der Waals surface area contributed by atoms with Crippen LogP contribution < -0.4 is 20.1 Å². The maximum atomic E-state index is 10.9. The van der Waals surface area contributed by atoms with Crippen LogP contribution >= 0.6 is 24.0 Å². The third kappa shape index (κ3) is 7.24. The van der Waals surface area contributed by atoms with Crippen LogP contribution in [0.2, 0.25) is 0 Å². The average molecular weight is 567 g/mol. The molecule has 178 valence electrons. The first kappa shape index (κ1) is 26.2. The number of ether oxygens (including phenoxy) is 2. The number of benzene rings is 2. The molecule has 0 radical (unpaired) electrons. The normalized spacial score (nSPS) is 11.1. The van der Waals surface area contributed by atoms with Crippen LogP contribution in [-0.2, 0) is 13.0 Å². The Balaban J connectivity index is 0.00000385. The van der Waals surface area contributed by atoms with Gasteiger partial charge in [0.1, 0.15) is 11.5 Å². The fourth-order valence-electron chi connectivity index (χ4n) is 3.42. The fourth-order valence-corrected chi connectivity index (χ4v) is 3.42. The van der Waals surface area contributed by atoms with Crippen molar-refractivity contribution in [3.63, 3.8) is 0 Å². The van der Waals surface area contributed by atoms with Crippen LogP contribution in [0.3, 0.4) is 0 Å². The number of aliphatic imine (C=N–C) groups is 1. The number of nitrogens with one attached hydrogen (secondary N) is 3. The van der Waals surface area contributed by atoms with Crippen molar-refractivity contribution >= 4 is 46.5 Å². The molecule has 0 saturated carbocycles. The Bertz CT molecular complexity index is 1100. The van der Waals surface area contributed by atoms with Crippen molar-refractivity contribution < 1.29 is 14.4 Å². The largest absolute Gasteiger partial charge is 0.497 e. The molecule has 0 saturated heterocycles. The third-order valence-electron chi connectivity index (χ3n) is 4.99. The Morgan fingerprint density at radius 3 is 2.67 bits per heavy atom. The van der Waals surface area contributed by atoms with E-state index in [1.807, 2.05) is 25.1 Å². The minimum atomic E-state index is -0.396. The van der Waals surface area contributed by atoms with Gasteiger partial charge in [-0.3, -0.25) is 10.1 Å². The number of aryl methyl sites for hydroxylation is 1. The van der Waals surface area contributed by atoms with E-state index in [0.717, 1.165) is 59.6 Å².